The first-order valence-corrected chi connectivity index (χ1v) is 7.38. The first-order valence-electron chi connectivity index (χ1n) is 7.38. The number of nitrogens with two attached hydrogens (primary N) is 1. The third-order valence-electron chi connectivity index (χ3n) is 3.82. The van der Waals surface area contributed by atoms with E-state index in [2.05, 4.69) is 43.3 Å². The fourth-order valence-electron chi connectivity index (χ4n) is 2.50. The van der Waals surface area contributed by atoms with Crippen LogP contribution in [0.2, 0.25) is 0 Å². The Morgan fingerprint density at radius 1 is 1.15 bits per heavy atom. The highest BCUT2D eigenvalue weighted by Gasteiger charge is 2.23. The summed E-state index contributed by atoms with van der Waals surface area (Å²) in [6.45, 7) is 2.16. The van der Waals surface area contributed by atoms with Crippen molar-refractivity contribution in [1.82, 2.24) is 0 Å². The van der Waals surface area contributed by atoms with E-state index in [9.17, 15) is 0 Å². The van der Waals surface area contributed by atoms with Crippen LogP contribution in [0.5, 0.6) is 5.75 Å². The van der Waals surface area contributed by atoms with Crippen LogP contribution in [-0.4, -0.2) is 6.10 Å². The van der Waals surface area contributed by atoms with Crippen molar-refractivity contribution in [1.29, 1.82) is 0 Å². The summed E-state index contributed by atoms with van der Waals surface area (Å²) in [4.78, 5) is 0. The molecule has 1 aliphatic carbocycles. The molecule has 0 bridgehead atoms. The molecule has 3 rings (SSSR count). The number of ether oxygens (including phenoxy) is 1. The van der Waals surface area contributed by atoms with Gasteiger partial charge in [-0.15, -0.1) is 0 Å². The fraction of sp³-hybridized carbons (Fsp3) is 0.333. The van der Waals surface area contributed by atoms with Crippen LogP contribution in [0.15, 0.2) is 48.5 Å². The molecule has 1 fully saturated rings. The molecule has 0 spiro atoms. The van der Waals surface area contributed by atoms with Crippen LogP contribution in [0, 0.1) is 0 Å². The second-order valence-corrected chi connectivity index (χ2v) is 5.42. The first kappa shape index (κ1) is 13.2. The highest BCUT2D eigenvalue weighted by Crippen LogP contribution is 2.30. The van der Waals surface area contributed by atoms with E-state index in [1.165, 1.54) is 24.0 Å². The summed E-state index contributed by atoms with van der Waals surface area (Å²) in [6, 6.07) is 16.5. The summed E-state index contributed by atoms with van der Waals surface area (Å²) < 4.78 is 5.85. The zero-order valence-electron chi connectivity index (χ0n) is 11.9. The van der Waals surface area contributed by atoms with Gasteiger partial charge in [-0.25, -0.2) is 0 Å². The van der Waals surface area contributed by atoms with Gasteiger partial charge in [-0.05, 0) is 48.1 Å². The molecule has 0 amide bonds. The lowest BCUT2D eigenvalue weighted by Crippen LogP contribution is -2.14. The Labute approximate surface area is 120 Å². The van der Waals surface area contributed by atoms with Crippen molar-refractivity contribution in [2.75, 3.05) is 0 Å². The van der Waals surface area contributed by atoms with E-state index >= 15 is 0 Å². The lowest BCUT2D eigenvalue weighted by molar-refractivity contribution is 0.303. The van der Waals surface area contributed by atoms with E-state index in [-0.39, 0.29) is 6.04 Å². The molecule has 0 aliphatic heterocycles. The molecule has 2 aromatic rings. The van der Waals surface area contributed by atoms with E-state index in [4.69, 9.17) is 10.5 Å². The molecular weight excluding hydrogens is 246 g/mol. The minimum Gasteiger partial charge on any atom is -0.490 e. The third kappa shape index (κ3) is 2.86. The van der Waals surface area contributed by atoms with Gasteiger partial charge in [-0.3, -0.25) is 0 Å². The number of benzene rings is 2. The Kier molecular flexibility index (Phi) is 3.75. The summed E-state index contributed by atoms with van der Waals surface area (Å²) >= 11 is 0. The predicted molar refractivity (Wildman–Crippen MR) is 81.9 cm³/mol. The minimum atomic E-state index is -0.0890. The molecule has 0 radical (unpaired) electrons. The normalized spacial score (nSPS) is 15.9. The van der Waals surface area contributed by atoms with Crippen molar-refractivity contribution < 1.29 is 4.74 Å². The van der Waals surface area contributed by atoms with Gasteiger partial charge in [0.15, 0.2) is 0 Å². The Balaban J connectivity index is 1.87. The van der Waals surface area contributed by atoms with Gasteiger partial charge in [-0.2, -0.15) is 0 Å². The van der Waals surface area contributed by atoms with E-state index < -0.39 is 0 Å². The number of aryl methyl sites for hydroxylation is 1. The van der Waals surface area contributed by atoms with Crippen molar-refractivity contribution in [3.63, 3.8) is 0 Å². The van der Waals surface area contributed by atoms with Crippen LogP contribution < -0.4 is 10.5 Å². The maximum absolute atomic E-state index is 6.45. The average Bonchev–Trinajstić information content (AvgIpc) is 3.30. The zero-order chi connectivity index (χ0) is 13.9. The summed E-state index contributed by atoms with van der Waals surface area (Å²) in [6.07, 6.45) is 3.77. The fourth-order valence-corrected chi connectivity index (χ4v) is 2.50. The summed E-state index contributed by atoms with van der Waals surface area (Å²) in [5.41, 5.74) is 10.1. The van der Waals surface area contributed by atoms with Crippen LogP contribution >= 0.6 is 0 Å². The predicted octanol–water partition coefficient (Wildman–Crippen LogP) is 3.84. The number of hydrogen-bond acceptors (Lipinski definition) is 2. The third-order valence-corrected chi connectivity index (χ3v) is 3.82. The number of rotatable bonds is 5. The molecule has 1 atom stereocenters. The highest BCUT2D eigenvalue weighted by molar-refractivity contribution is 5.40. The molecule has 0 heterocycles. The lowest BCUT2D eigenvalue weighted by Gasteiger charge is -2.17. The first-order chi connectivity index (χ1) is 9.78. The van der Waals surface area contributed by atoms with Gasteiger partial charge in [-0.1, -0.05) is 43.3 Å². The molecule has 2 N–H and O–H groups in total. The molecule has 104 valence electrons. The van der Waals surface area contributed by atoms with E-state index in [1.807, 2.05) is 12.1 Å². The molecule has 1 saturated carbocycles. The smallest absolute Gasteiger partial charge is 0.120 e. The summed E-state index contributed by atoms with van der Waals surface area (Å²) in [5.74, 6) is 0.939. The molecule has 1 unspecified atom stereocenters. The van der Waals surface area contributed by atoms with Gasteiger partial charge >= 0.3 is 0 Å². The molecule has 20 heavy (non-hydrogen) atoms. The maximum Gasteiger partial charge on any atom is 0.120 e. The zero-order valence-corrected chi connectivity index (χ0v) is 11.9. The van der Waals surface area contributed by atoms with E-state index in [1.54, 1.807) is 0 Å². The average molecular weight is 267 g/mol. The van der Waals surface area contributed by atoms with Gasteiger partial charge < -0.3 is 10.5 Å². The molecule has 1 aliphatic rings. The summed E-state index contributed by atoms with van der Waals surface area (Å²) in [7, 11) is 0. The standard InChI is InChI=1S/C18H21NO/c1-2-13-6-3-4-9-17(13)18(19)14-7-5-8-16(12-14)20-15-10-11-15/h3-9,12,15,18H,2,10-11,19H2,1H3. The molecule has 2 nitrogen and oxygen atoms in total. The second kappa shape index (κ2) is 5.68. The topological polar surface area (TPSA) is 35.2 Å². The molecule has 0 saturated heterocycles. The minimum absolute atomic E-state index is 0.0890. The van der Waals surface area contributed by atoms with Gasteiger partial charge in [0.05, 0.1) is 12.1 Å². The highest BCUT2D eigenvalue weighted by atomic mass is 16.5. The van der Waals surface area contributed by atoms with Gasteiger partial charge in [0.1, 0.15) is 5.75 Å². The van der Waals surface area contributed by atoms with Crippen LogP contribution in [0.4, 0.5) is 0 Å². The van der Waals surface area contributed by atoms with Crippen molar-refractivity contribution in [2.24, 2.45) is 5.73 Å². The van der Waals surface area contributed by atoms with Crippen molar-refractivity contribution >= 4 is 0 Å². The second-order valence-electron chi connectivity index (χ2n) is 5.42. The van der Waals surface area contributed by atoms with Crippen molar-refractivity contribution in [2.45, 2.75) is 38.3 Å². The Morgan fingerprint density at radius 2 is 1.95 bits per heavy atom. The summed E-state index contributed by atoms with van der Waals surface area (Å²) in [5, 5.41) is 0. The largest absolute Gasteiger partial charge is 0.490 e. The van der Waals surface area contributed by atoms with Crippen LogP contribution in [0.1, 0.15) is 42.5 Å². The van der Waals surface area contributed by atoms with Gasteiger partial charge in [0.25, 0.3) is 0 Å². The number of hydrogen-bond donors (Lipinski definition) is 1. The monoisotopic (exact) mass is 267 g/mol. The van der Waals surface area contributed by atoms with E-state index in [0.29, 0.717) is 6.10 Å². The van der Waals surface area contributed by atoms with Crippen LogP contribution in [-0.2, 0) is 6.42 Å². The van der Waals surface area contributed by atoms with Gasteiger partial charge in [0, 0.05) is 0 Å². The Hall–Kier alpha value is -1.80. The maximum atomic E-state index is 6.45. The molecular formula is C18H21NO. The van der Waals surface area contributed by atoms with E-state index in [0.717, 1.165) is 17.7 Å². The van der Waals surface area contributed by atoms with Crippen LogP contribution in [0.25, 0.3) is 0 Å². The van der Waals surface area contributed by atoms with Crippen molar-refractivity contribution in [3.8, 4) is 5.75 Å². The lowest BCUT2D eigenvalue weighted by atomic mass is 9.94. The SMILES string of the molecule is CCc1ccccc1C(N)c1cccc(OC2CC2)c1. The molecule has 0 aromatic heterocycles. The molecule has 2 aromatic carbocycles. The Bertz CT molecular complexity index is 589. The molecule has 2 heteroatoms. The Morgan fingerprint density at radius 3 is 2.70 bits per heavy atom. The van der Waals surface area contributed by atoms with Crippen molar-refractivity contribution in [3.05, 3.63) is 65.2 Å². The van der Waals surface area contributed by atoms with Gasteiger partial charge in [0.2, 0.25) is 0 Å². The quantitative estimate of drug-likeness (QED) is 0.893. The van der Waals surface area contributed by atoms with Crippen LogP contribution in [0.3, 0.4) is 0 Å².